The Labute approximate surface area is 199 Å². The Bertz CT molecular complexity index is 1170. The van der Waals surface area contributed by atoms with E-state index in [0.29, 0.717) is 44.8 Å². The minimum absolute atomic E-state index is 0.000901. The lowest BCUT2D eigenvalue weighted by Crippen LogP contribution is -2.47. The standard InChI is InChI=1S/C22H32N6O5S/c1-5-9-28-21(19(20(23)29)15(3)25-28)24-22(30)17-14-16(7-8-18(17)33-6-2)34(31,32)27-12-10-26(4)11-13-27/h7-8,14H,5-6,9-13H2,1-4H3,(H2,23,29)(H,24,30). The first-order valence-electron chi connectivity index (χ1n) is 11.2. The summed E-state index contributed by atoms with van der Waals surface area (Å²) >= 11 is 0. The van der Waals surface area contributed by atoms with Gasteiger partial charge in [0, 0.05) is 32.7 Å². The number of amides is 2. The summed E-state index contributed by atoms with van der Waals surface area (Å²) < 4.78 is 35.0. The van der Waals surface area contributed by atoms with E-state index >= 15 is 0 Å². The fourth-order valence-electron chi connectivity index (χ4n) is 3.86. The van der Waals surface area contributed by atoms with E-state index in [4.69, 9.17) is 10.5 Å². The van der Waals surface area contributed by atoms with Crippen molar-refractivity contribution in [2.24, 2.45) is 5.73 Å². The highest BCUT2D eigenvalue weighted by molar-refractivity contribution is 7.89. The summed E-state index contributed by atoms with van der Waals surface area (Å²) in [6.45, 7) is 8.06. The number of carbonyl (C=O) groups excluding carboxylic acids is 2. The number of primary amides is 1. The van der Waals surface area contributed by atoms with Crippen molar-refractivity contribution in [2.45, 2.75) is 38.6 Å². The topological polar surface area (TPSA) is 140 Å². The largest absolute Gasteiger partial charge is 0.493 e. The SMILES string of the molecule is CCCn1nc(C)c(C(N)=O)c1NC(=O)c1cc(S(=O)(=O)N2CCN(C)CC2)ccc1OCC. The van der Waals surface area contributed by atoms with Crippen molar-refractivity contribution in [1.82, 2.24) is 19.0 Å². The third-order valence-corrected chi connectivity index (χ3v) is 7.53. The molecule has 2 aromatic rings. The van der Waals surface area contributed by atoms with E-state index in [1.165, 1.54) is 27.2 Å². The van der Waals surface area contributed by atoms with Crippen molar-refractivity contribution in [3.8, 4) is 5.75 Å². The Morgan fingerprint density at radius 2 is 1.85 bits per heavy atom. The second-order valence-corrected chi connectivity index (χ2v) is 10.1. The van der Waals surface area contributed by atoms with Gasteiger partial charge in [0.25, 0.3) is 11.8 Å². The van der Waals surface area contributed by atoms with Crippen LogP contribution in [0.2, 0.25) is 0 Å². The van der Waals surface area contributed by atoms with Crippen molar-refractivity contribution < 1.29 is 22.7 Å². The molecule has 3 rings (SSSR count). The molecule has 0 spiro atoms. The molecule has 0 saturated carbocycles. The molecule has 11 nitrogen and oxygen atoms in total. The molecular weight excluding hydrogens is 460 g/mol. The molecule has 12 heteroatoms. The smallest absolute Gasteiger partial charge is 0.260 e. The fourth-order valence-corrected chi connectivity index (χ4v) is 5.31. The van der Waals surface area contributed by atoms with Crippen LogP contribution in [0.4, 0.5) is 5.82 Å². The average molecular weight is 493 g/mol. The Morgan fingerprint density at radius 3 is 2.44 bits per heavy atom. The number of likely N-dealkylation sites (N-methyl/N-ethyl adjacent to an activating group) is 1. The van der Waals surface area contributed by atoms with Crippen molar-refractivity contribution in [1.29, 1.82) is 0 Å². The second kappa shape index (κ2) is 10.5. The summed E-state index contributed by atoms with van der Waals surface area (Å²) in [6, 6.07) is 4.23. The Kier molecular flexibility index (Phi) is 7.95. The van der Waals surface area contributed by atoms with Crippen molar-refractivity contribution >= 4 is 27.7 Å². The Morgan fingerprint density at radius 1 is 1.18 bits per heavy atom. The maximum absolute atomic E-state index is 13.3. The van der Waals surface area contributed by atoms with Crippen LogP contribution in [-0.4, -0.2) is 79.1 Å². The fraction of sp³-hybridized carbons (Fsp3) is 0.500. The van der Waals surface area contributed by atoms with Crippen LogP contribution in [0.5, 0.6) is 5.75 Å². The molecule has 0 aliphatic carbocycles. The van der Waals surface area contributed by atoms with E-state index in [-0.39, 0.29) is 34.2 Å². The van der Waals surface area contributed by atoms with Crippen molar-refractivity contribution in [3.05, 3.63) is 35.0 Å². The molecule has 1 aliphatic rings. The van der Waals surface area contributed by atoms with Gasteiger partial charge < -0.3 is 20.7 Å². The number of aryl methyl sites for hydroxylation is 2. The number of nitrogens with zero attached hydrogens (tertiary/aromatic N) is 4. The molecule has 3 N–H and O–H groups in total. The van der Waals surface area contributed by atoms with E-state index in [0.717, 1.165) is 0 Å². The van der Waals surface area contributed by atoms with Gasteiger partial charge in [0.1, 0.15) is 17.1 Å². The second-order valence-electron chi connectivity index (χ2n) is 8.15. The number of aromatic nitrogens is 2. The molecule has 0 unspecified atom stereocenters. The number of anilines is 1. The van der Waals surface area contributed by atoms with Crippen molar-refractivity contribution in [2.75, 3.05) is 45.2 Å². The van der Waals surface area contributed by atoms with Gasteiger partial charge in [0.05, 0.1) is 22.8 Å². The lowest BCUT2D eigenvalue weighted by atomic mass is 10.1. The zero-order valence-electron chi connectivity index (χ0n) is 20.0. The molecule has 186 valence electrons. The first kappa shape index (κ1) is 25.7. The van der Waals surface area contributed by atoms with E-state index in [9.17, 15) is 18.0 Å². The highest BCUT2D eigenvalue weighted by atomic mass is 32.2. The molecule has 1 fully saturated rings. The number of hydrogen-bond donors (Lipinski definition) is 2. The molecular formula is C22H32N6O5S. The number of ether oxygens (including phenoxy) is 1. The van der Waals surface area contributed by atoms with Gasteiger partial charge in [-0.3, -0.25) is 9.59 Å². The van der Waals surface area contributed by atoms with Crippen LogP contribution < -0.4 is 15.8 Å². The van der Waals surface area contributed by atoms with E-state index in [2.05, 4.69) is 15.3 Å². The number of benzene rings is 1. The Balaban J connectivity index is 2.00. The predicted octanol–water partition coefficient (Wildman–Crippen LogP) is 1.29. The third kappa shape index (κ3) is 5.24. The minimum Gasteiger partial charge on any atom is -0.493 e. The third-order valence-electron chi connectivity index (χ3n) is 5.64. The van der Waals surface area contributed by atoms with Crippen molar-refractivity contribution in [3.63, 3.8) is 0 Å². The highest BCUT2D eigenvalue weighted by Gasteiger charge is 2.30. The van der Waals surface area contributed by atoms with E-state index in [1.54, 1.807) is 13.8 Å². The summed E-state index contributed by atoms with van der Waals surface area (Å²) in [5.74, 6) is -0.937. The van der Waals surface area contributed by atoms with Gasteiger partial charge in [-0.1, -0.05) is 6.92 Å². The number of carbonyl (C=O) groups is 2. The van der Waals surface area contributed by atoms with Gasteiger partial charge in [-0.15, -0.1) is 0 Å². The van der Waals surface area contributed by atoms with Crippen LogP contribution in [0, 0.1) is 6.92 Å². The highest BCUT2D eigenvalue weighted by Crippen LogP contribution is 2.28. The number of sulfonamides is 1. The van der Waals surface area contributed by atoms with Crippen LogP contribution in [-0.2, 0) is 16.6 Å². The molecule has 1 saturated heterocycles. The normalized spacial score (nSPS) is 15.3. The zero-order valence-corrected chi connectivity index (χ0v) is 20.8. The molecule has 2 heterocycles. The summed E-state index contributed by atoms with van der Waals surface area (Å²) in [7, 11) is -1.86. The van der Waals surface area contributed by atoms with Gasteiger partial charge >= 0.3 is 0 Å². The molecule has 0 atom stereocenters. The van der Waals surface area contributed by atoms with Gasteiger partial charge in [0.2, 0.25) is 10.0 Å². The minimum atomic E-state index is -3.80. The first-order valence-corrected chi connectivity index (χ1v) is 12.7. The van der Waals surface area contributed by atoms with Gasteiger partial charge in [-0.2, -0.15) is 9.40 Å². The van der Waals surface area contributed by atoms with Crippen LogP contribution in [0.15, 0.2) is 23.1 Å². The number of rotatable bonds is 9. The summed E-state index contributed by atoms with van der Waals surface area (Å²) in [5.41, 5.74) is 6.08. The maximum atomic E-state index is 13.3. The van der Waals surface area contributed by atoms with Crippen LogP contribution in [0.1, 0.15) is 46.7 Å². The number of hydrogen-bond acceptors (Lipinski definition) is 7. The molecule has 34 heavy (non-hydrogen) atoms. The number of piperazine rings is 1. The molecule has 2 amide bonds. The Hall–Kier alpha value is -2.96. The first-order chi connectivity index (χ1) is 16.1. The summed E-state index contributed by atoms with van der Waals surface area (Å²) in [6.07, 6.45) is 0.713. The van der Waals surface area contributed by atoms with Crippen LogP contribution >= 0.6 is 0 Å². The zero-order chi connectivity index (χ0) is 25.0. The monoisotopic (exact) mass is 492 g/mol. The molecule has 0 radical (unpaired) electrons. The lowest BCUT2D eigenvalue weighted by Gasteiger charge is -2.31. The van der Waals surface area contributed by atoms with Gasteiger partial charge in [0.15, 0.2) is 0 Å². The molecule has 1 aliphatic heterocycles. The van der Waals surface area contributed by atoms with Crippen LogP contribution in [0.3, 0.4) is 0 Å². The number of nitrogens with two attached hydrogens (primary N) is 1. The van der Waals surface area contributed by atoms with Gasteiger partial charge in [-0.25, -0.2) is 13.1 Å². The van der Waals surface area contributed by atoms with E-state index in [1.807, 2.05) is 14.0 Å². The molecule has 1 aromatic carbocycles. The van der Waals surface area contributed by atoms with E-state index < -0.39 is 21.8 Å². The average Bonchev–Trinajstić information content (AvgIpc) is 3.09. The quantitative estimate of drug-likeness (QED) is 0.537. The van der Waals surface area contributed by atoms with Gasteiger partial charge in [-0.05, 0) is 45.5 Å². The lowest BCUT2D eigenvalue weighted by molar-refractivity contribution is 0.100. The summed E-state index contributed by atoms with van der Waals surface area (Å²) in [5, 5.41) is 7.03. The summed E-state index contributed by atoms with van der Waals surface area (Å²) in [4.78, 5) is 27.4. The maximum Gasteiger partial charge on any atom is 0.260 e. The predicted molar refractivity (Wildman–Crippen MR) is 128 cm³/mol. The molecule has 0 bridgehead atoms. The van der Waals surface area contributed by atoms with Crippen LogP contribution in [0.25, 0.3) is 0 Å². The number of nitrogens with one attached hydrogen (secondary N) is 1. The molecule has 1 aromatic heterocycles.